The molecule has 10 atom stereocenters. The van der Waals surface area contributed by atoms with Gasteiger partial charge in [0.2, 0.25) is 5.95 Å². The molecule has 4 unspecified atom stereocenters. The molecule has 4 aromatic heterocycles. The van der Waals surface area contributed by atoms with Crippen LogP contribution >= 0.6 is 27.2 Å². The van der Waals surface area contributed by atoms with Crippen LogP contribution in [-0.2, 0) is 43.9 Å². The Morgan fingerprint density at radius 1 is 0.979 bits per heavy atom. The Balaban J connectivity index is 1.23. The molecule has 3 fully saturated rings. The van der Waals surface area contributed by atoms with Crippen LogP contribution in [0.3, 0.4) is 0 Å². The SMILES string of the molecule is Nc1nc2c(ncn2[C@@H]2O[C@@H]3COP(O)(=S)OC4[C@@H](COP(=O)(O)O[C@H]2C3CCS)O[C@@H](n2cnc3c(N)ncnc32)[C@H]4O)c(=O)[nH]1. The number of ether oxygens (including phenoxy) is 2. The van der Waals surface area contributed by atoms with Gasteiger partial charge in [0.05, 0.1) is 32.0 Å². The van der Waals surface area contributed by atoms with Gasteiger partial charge in [-0.15, -0.1) is 0 Å². The highest BCUT2D eigenvalue weighted by Crippen LogP contribution is 2.55. The summed E-state index contributed by atoms with van der Waals surface area (Å²) in [6.45, 7) is -5.21. The number of fused-ring (bicyclic) bond motifs is 5. The lowest BCUT2D eigenvalue weighted by molar-refractivity contribution is -0.0647. The number of anilines is 2. The van der Waals surface area contributed by atoms with Gasteiger partial charge in [0.1, 0.15) is 36.3 Å². The van der Waals surface area contributed by atoms with Crippen LogP contribution in [0.1, 0.15) is 18.9 Å². The normalized spacial score (nSPS) is 36.6. The number of phosphoric acid groups is 1. The third kappa shape index (κ3) is 6.09. The van der Waals surface area contributed by atoms with E-state index in [2.05, 4.69) is 42.5 Å². The predicted molar refractivity (Wildman–Crippen MR) is 166 cm³/mol. The van der Waals surface area contributed by atoms with Crippen LogP contribution in [0.25, 0.3) is 22.3 Å². The Morgan fingerprint density at radius 2 is 1.68 bits per heavy atom. The number of hydrogen-bond acceptors (Lipinski definition) is 18. The highest BCUT2D eigenvalue weighted by Gasteiger charge is 2.53. The molecule has 2 bridgehead atoms. The van der Waals surface area contributed by atoms with Crippen LogP contribution in [0.4, 0.5) is 11.8 Å². The molecule has 0 spiro atoms. The Morgan fingerprint density at radius 3 is 2.45 bits per heavy atom. The minimum Gasteiger partial charge on any atom is -0.386 e. The number of aromatic amines is 1. The van der Waals surface area contributed by atoms with Crippen molar-refractivity contribution in [3.63, 3.8) is 0 Å². The lowest BCUT2D eigenvalue weighted by atomic mass is 9.95. The fourth-order valence-electron chi connectivity index (χ4n) is 5.90. The minimum atomic E-state index is -4.95. The number of H-pyrrole nitrogens is 1. The van der Waals surface area contributed by atoms with Gasteiger partial charge in [-0.25, -0.2) is 24.5 Å². The second kappa shape index (κ2) is 12.4. The summed E-state index contributed by atoms with van der Waals surface area (Å²) in [6, 6.07) is 0. The summed E-state index contributed by atoms with van der Waals surface area (Å²) in [5, 5.41) is 11.3. The lowest BCUT2D eigenvalue weighted by Crippen LogP contribution is -2.36. The fourth-order valence-corrected chi connectivity index (χ4v) is 8.61. The largest absolute Gasteiger partial charge is 0.472 e. The molecule has 3 aliphatic rings. The average Bonchev–Trinajstić information content (AvgIpc) is 3.76. The van der Waals surface area contributed by atoms with Crippen LogP contribution in [0.5, 0.6) is 0 Å². The van der Waals surface area contributed by atoms with E-state index in [4.69, 9.17) is 50.8 Å². The van der Waals surface area contributed by atoms with Gasteiger partial charge in [-0.3, -0.25) is 32.5 Å². The zero-order valence-corrected chi connectivity index (χ0v) is 27.3. The number of nitrogens with zero attached hydrogens (tertiary/aromatic N) is 7. The molecule has 4 aromatic rings. The summed E-state index contributed by atoms with van der Waals surface area (Å²) in [7, 11) is -4.95. The van der Waals surface area contributed by atoms with Crippen molar-refractivity contribution in [2.45, 2.75) is 49.4 Å². The van der Waals surface area contributed by atoms with Crippen LogP contribution in [0.2, 0.25) is 0 Å². The van der Waals surface area contributed by atoms with Gasteiger partial charge in [0.15, 0.2) is 35.1 Å². The molecule has 0 saturated carbocycles. The third-order valence-corrected chi connectivity index (χ3v) is 10.8. The van der Waals surface area contributed by atoms with E-state index in [1.807, 2.05) is 0 Å². The number of nitrogens with two attached hydrogens (primary N) is 2. The van der Waals surface area contributed by atoms with Crippen molar-refractivity contribution in [3.05, 3.63) is 29.3 Å². The van der Waals surface area contributed by atoms with Crippen molar-refractivity contribution in [2.75, 3.05) is 30.4 Å². The predicted octanol–water partition coefficient (Wildman–Crippen LogP) is -0.650. The molecule has 21 nitrogen and oxygen atoms in total. The van der Waals surface area contributed by atoms with E-state index < -0.39 is 75.6 Å². The monoisotopic (exact) mass is 734 g/mol. The Labute approximate surface area is 273 Å². The third-order valence-electron chi connectivity index (χ3n) is 7.97. The lowest BCUT2D eigenvalue weighted by Gasteiger charge is -2.27. The van der Waals surface area contributed by atoms with E-state index in [0.717, 1.165) is 0 Å². The standard InChI is InChI=1S/C22H28N10O11P2S2/c23-16-11-17(26-5-25-16)31(6-27-11)20-13(33)15-10(41-20)4-38-44(35,36)42-14-8(1-2-46)9(3-39-45(37,47)43-15)40-21(14)32-7-28-12-18(32)29-22(24)30-19(12)34/h5-10,13-15,20-21,33,46H,1-4H2,(H,35,36)(H,37,47)(H2,23,25,26)(H3,24,29,30,34)/t8?,9-,10-,13+,14+,15?,20-,21-,45?/m1/s1. The number of aliphatic hydroxyl groups excluding tert-OH is 1. The van der Waals surface area contributed by atoms with Crippen molar-refractivity contribution in [3.8, 4) is 0 Å². The number of thiol groups is 1. The molecular weight excluding hydrogens is 706 g/mol. The van der Waals surface area contributed by atoms with Crippen molar-refractivity contribution >= 4 is 73.1 Å². The average molecular weight is 735 g/mol. The zero-order chi connectivity index (χ0) is 33.2. The van der Waals surface area contributed by atoms with E-state index in [-0.39, 0.29) is 52.9 Å². The molecule has 3 saturated heterocycles. The number of aliphatic hydroxyl groups is 1. The van der Waals surface area contributed by atoms with Crippen LogP contribution in [0, 0.1) is 5.92 Å². The van der Waals surface area contributed by atoms with Crippen molar-refractivity contribution in [1.29, 1.82) is 0 Å². The van der Waals surface area contributed by atoms with E-state index in [1.54, 1.807) is 0 Å². The van der Waals surface area contributed by atoms with Gasteiger partial charge < -0.3 is 40.4 Å². The molecule has 47 heavy (non-hydrogen) atoms. The second-order valence-electron chi connectivity index (χ2n) is 10.8. The van der Waals surface area contributed by atoms with Crippen molar-refractivity contribution < 1.29 is 47.0 Å². The summed E-state index contributed by atoms with van der Waals surface area (Å²) in [5.74, 6) is -0.516. The molecule has 254 valence electrons. The first-order valence-corrected chi connectivity index (χ1v) is 18.6. The van der Waals surface area contributed by atoms with E-state index in [9.17, 15) is 24.3 Å². The molecule has 7 rings (SSSR count). The van der Waals surface area contributed by atoms with Crippen LogP contribution in [-0.4, -0.2) is 103 Å². The molecular formula is C22H28N10O11P2S2. The maximum atomic E-state index is 13.5. The van der Waals surface area contributed by atoms with Gasteiger partial charge in [-0.1, -0.05) is 0 Å². The maximum Gasteiger partial charge on any atom is 0.472 e. The molecule has 0 amide bonds. The molecule has 25 heteroatoms. The minimum absolute atomic E-state index is 0.0164. The maximum absolute atomic E-state index is 13.5. The molecule has 8 N–H and O–H groups in total. The van der Waals surface area contributed by atoms with Gasteiger partial charge in [-0.05, 0) is 24.0 Å². The Bertz CT molecular complexity index is 1980. The number of nitrogens with one attached hydrogen (secondary N) is 1. The van der Waals surface area contributed by atoms with Crippen molar-refractivity contribution in [1.82, 2.24) is 39.0 Å². The number of aromatic nitrogens is 8. The summed E-state index contributed by atoms with van der Waals surface area (Å²) in [5.41, 5.74) is 11.4. The summed E-state index contributed by atoms with van der Waals surface area (Å²) < 4.78 is 51.0. The van der Waals surface area contributed by atoms with E-state index in [0.29, 0.717) is 0 Å². The second-order valence-corrected chi connectivity index (χ2v) is 15.5. The van der Waals surface area contributed by atoms with Gasteiger partial charge >= 0.3 is 14.5 Å². The smallest absolute Gasteiger partial charge is 0.386 e. The first-order chi connectivity index (χ1) is 22.4. The molecule has 3 aliphatic heterocycles. The number of imidazole rings is 2. The van der Waals surface area contributed by atoms with Crippen LogP contribution < -0.4 is 17.0 Å². The van der Waals surface area contributed by atoms with Crippen molar-refractivity contribution in [2.24, 2.45) is 5.92 Å². The zero-order valence-electron chi connectivity index (χ0n) is 23.8. The highest BCUT2D eigenvalue weighted by molar-refractivity contribution is 8.07. The molecule has 7 heterocycles. The fraction of sp³-hybridized carbons (Fsp3) is 0.545. The number of rotatable bonds is 4. The van der Waals surface area contributed by atoms with E-state index in [1.165, 1.54) is 28.1 Å². The van der Waals surface area contributed by atoms with Crippen LogP contribution in [0.15, 0.2) is 23.8 Å². The first kappa shape index (κ1) is 32.9. The number of nitrogen functional groups attached to an aromatic ring is 2. The number of hydrogen-bond donors (Lipinski definition) is 7. The Kier molecular flexibility index (Phi) is 8.65. The summed E-state index contributed by atoms with van der Waals surface area (Å²) in [6.07, 6.45) is -4.82. The quantitative estimate of drug-likeness (QED) is 0.101. The summed E-state index contributed by atoms with van der Waals surface area (Å²) in [4.78, 5) is 57.4. The Hall–Kier alpha value is -2.63. The topological polar surface area (TPSA) is 292 Å². The molecule has 0 aliphatic carbocycles. The first-order valence-electron chi connectivity index (χ1n) is 13.9. The van der Waals surface area contributed by atoms with Gasteiger partial charge in [-0.2, -0.15) is 17.6 Å². The molecule has 0 radical (unpaired) electrons. The van der Waals surface area contributed by atoms with Gasteiger partial charge in [0.25, 0.3) is 5.56 Å². The number of phosphoric ester groups is 1. The van der Waals surface area contributed by atoms with Gasteiger partial charge in [0, 0.05) is 5.92 Å². The highest BCUT2D eigenvalue weighted by atomic mass is 32.5. The molecule has 0 aromatic carbocycles. The summed E-state index contributed by atoms with van der Waals surface area (Å²) >= 11 is 9.63. The van der Waals surface area contributed by atoms with E-state index >= 15 is 0 Å².